The third kappa shape index (κ3) is 9.15. The van der Waals surface area contributed by atoms with Gasteiger partial charge in [-0.15, -0.1) is 0 Å². The number of rotatable bonds is 14. The zero-order valence-corrected chi connectivity index (χ0v) is 38.8. The maximum Gasteiger partial charge on any atom is 0.455 e. The van der Waals surface area contributed by atoms with E-state index in [1.807, 2.05) is 39.3 Å². The summed E-state index contributed by atoms with van der Waals surface area (Å²) in [5, 5.41) is 8.97. The van der Waals surface area contributed by atoms with E-state index in [2.05, 4.69) is 76.5 Å². The highest BCUT2D eigenvalue weighted by molar-refractivity contribution is 7.52. The Morgan fingerprint density at radius 1 is 0.880 bits per heavy atom. The van der Waals surface area contributed by atoms with Crippen LogP contribution in [0.1, 0.15) is 46.0 Å². The summed E-state index contributed by atoms with van der Waals surface area (Å²) >= 11 is 0. The predicted molar refractivity (Wildman–Crippen MR) is 214 cm³/mol. The van der Waals surface area contributed by atoms with Crippen molar-refractivity contribution in [3.8, 4) is 0 Å². The van der Waals surface area contributed by atoms with Gasteiger partial charge in [-0.05, 0) is 141 Å². The lowest BCUT2D eigenvalue weighted by molar-refractivity contribution is -0.133. The topological polar surface area (TPSA) is 106 Å². The highest BCUT2D eigenvalue weighted by atomic mass is 31.2. The van der Waals surface area contributed by atoms with Gasteiger partial charge in [0.2, 0.25) is 0 Å². The van der Waals surface area contributed by atoms with Crippen LogP contribution < -0.4 is 0 Å². The van der Waals surface area contributed by atoms with Gasteiger partial charge in [0.25, 0.3) is 0 Å². The molecule has 286 valence electrons. The summed E-state index contributed by atoms with van der Waals surface area (Å²) in [6.07, 6.45) is 11.3. The summed E-state index contributed by atoms with van der Waals surface area (Å²) in [5.74, 6) is 1.04. The molecule has 0 heterocycles. The summed E-state index contributed by atoms with van der Waals surface area (Å²) in [6, 6.07) is 0. The first-order valence-electron chi connectivity index (χ1n) is 18.4. The Hall–Kier alpha value is -0.682. The van der Waals surface area contributed by atoms with Gasteiger partial charge < -0.3 is 27.0 Å². The molecule has 50 heavy (non-hydrogen) atoms. The van der Waals surface area contributed by atoms with Crippen molar-refractivity contribution in [2.75, 3.05) is 20.8 Å². The first-order chi connectivity index (χ1) is 22.7. The molecule has 0 saturated heterocycles. The van der Waals surface area contributed by atoms with Crippen molar-refractivity contribution in [1.29, 1.82) is 0 Å². The zero-order chi connectivity index (χ0) is 37.8. The first kappa shape index (κ1) is 42.1. The molecule has 15 heteroatoms. The van der Waals surface area contributed by atoms with E-state index in [1.165, 1.54) is 5.57 Å². The van der Waals surface area contributed by atoms with Crippen LogP contribution in [-0.2, 0) is 36.0 Å². The monoisotopic (exact) mass is 786 g/mol. The molecule has 0 N–H and O–H groups in total. The number of fused-ring (bicyclic) bond motifs is 5. The van der Waals surface area contributed by atoms with Crippen LogP contribution in [-0.4, -0.2) is 77.2 Å². The van der Waals surface area contributed by atoms with Crippen molar-refractivity contribution in [2.24, 2.45) is 38.9 Å². The smallest absolute Gasteiger partial charge is 0.414 e. The molecule has 0 aliphatic heterocycles. The van der Waals surface area contributed by atoms with E-state index >= 15 is 0 Å². The molecule has 0 amide bonds. The molecule has 0 aromatic heterocycles. The molecular formula is C35H67N2O8PSi4. The predicted octanol–water partition coefficient (Wildman–Crippen LogP) is 9.98. The Bertz CT molecular complexity index is 1410. The number of phosphoric acid groups is 1. The Balaban J connectivity index is 1.84. The summed E-state index contributed by atoms with van der Waals surface area (Å²) in [5.41, 5.74) is 1.55. The van der Waals surface area contributed by atoms with Crippen LogP contribution in [0.5, 0.6) is 0 Å². The van der Waals surface area contributed by atoms with Crippen molar-refractivity contribution in [3.63, 3.8) is 0 Å². The Morgan fingerprint density at radius 3 is 2.02 bits per heavy atom. The van der Waals surface area contributed by atoms with E-state index in [1.54, 1.807) is 14.2 Å². The third-order valence-corrected chi connectivity index (χ3v) is 19.2. The lowest BCUT2D eigenvalue weighted by atomic mass is 9.46. The Labute approximate surface area is 307 Å². The van der Waals surface area contributed by atoms with Crippen molar-refractivity contribution in [1.82, 2.24) is 0 Å². The molecule has 0 unspecified atom stereocenters. The molecule has 0 bridgehead atoms. The highest BCUT2D eigenvalue weighted by Crippen LogP contribution is 2.69. The van der Waals surface area contributed by atoms with Gasteiger partial charge in [-0.2, -0.15) is 0 Å². The van der Waals surface area contributed by atoms with Crippen LogP contribution in [0.15, 0.2) is 34.1 Å². The van der Waals surface area contributed by atoms with Crippen LogP contribution in [0.4, 0.5) is 0 Å². The second kappa shape index (κ2) is 14.5. The number of hydrogen-bond acceptors (Lipinski definition) is 10. The molecule has 4 aliphatic rings. The van der Waals surface area contributed by atoms with E-state index in [-0.39, 0.29) is 23.5 Å². The Kier molecular flexibility index (Phi) is 12.2. The van der Waals surface area contributed by atoms with Crippen LogP contribution >= 0.6 is 7.82 Å². The van der Waals surface area contributed by atoms with E-state index < -0.39 is 46.7 Å². The Morgan fingerprint density at radius 2 is 1.50 bits per heavy atom. The van der Waals surface area contributed by atoms with Crippen molar-refractivity contribution in [2.45, 2.75) is 136 Å². The molecular weight excluding hydrogens is 720 g/mol. The second-order valence-electron chi connectivity index (χ2n) is 19.1. The zero-order valence-electron chi connectivity index (χ0n) is 33.9. The maximum atomic E-state index is 14.4. The molecule has 0 radical (unpaired) electrons. The number of allylic oxidation sites excluding steroid dienone is 4. The molecule has 4 rings (SSSR count). The fourth-order valence-electron chi connectivity index (χ4n) is 9.45. The average Bonchev–Trinajstić information content (AvgIpc) is 3.19. The molecule has 10 nitrogen and oxygen atoms in total. The largest absolute Gasteiger partial charge is 0.455 e. The standard InChI is InChI=1S/C35H67N2O8PSi4/c1-33-21-19-27(36-39-3)23-26(33)17-18-28-29-20-22-35(43-48(8,9)10,34(29,2)24-30(32(28)33)42-47(5,6)7)31(37-40-4)25-41-46(38,44-49(11,12)13)45-50(14,15)16/h19,21,23,28-30,32H,17-18,20,22,24-25H2,1-16H3/b36-27+,37-31+/t28-,29-,30-,32+,33-,34-,35-/m0/s1. The van der Waals surface area contributed by atoms with Crippen molar-refractivity contribution in [3.05, 3.63) is 23.8 Å². The maximum absolute atomic E-state index is 14.4. The van der Waals surface area contributed by atoms with Gasteiger partial charge in [0.05, 0.1) is 0 Å². The minimum absolute atomic E-state index is 0.00356. The fraction of sp³-hybridized carbons (Fsp3) is 0.829. The van der Waals surface area contributed by atoms with Crippen LogP contribution in [0.25, 0.3) is 0 Å². The molecule has 0 spiro atoms. The average molecular weight is 787 g/mol. The number of oxime groups is 2. The minimum atomic E-state index is -3.93. The summed E-state index contributed by atoms with van der Waals surface area (Å²) in [6.45, 7) is 30.3. The van der Waals surface area contributed by atoms with Crippen LogP contribution in [0.3, 0.4) is 0 Å². The molecule has 0 aromatic rings. The molecule has 7 atom stereocenters. The van der Waals surface area contributed by atoms with Crippen molar-refractivity contribution < 1.29 is 36.0 Å². The number of nitrogens with zero attached hydrogens (tertiary/aromatic N) is 2. The SMILES string of the molecule is CO/N=C1\C=C[C@@]2(C)C(=C1)CC[C@@H]1[C@@H]2[C@@H](O[Si](C)(C)C)C[C@@]2(C)[C@H]1CC[C@]2(O[Si](C)(C)C)/C(COP(=O)(O[Si](C)(C)C)O[Si](C)(C)C)=N/OC. The van der Waals surface area contributed by atoms with E-state index in [0.29, 0.717) is 23.5 Å². The van der Waals surface area contributed by atoms with Gasteiger partial charge in [-0.1, -0.05) is 35.8 Å². The molecule has 3 fully saturated rings. The van der Waals surface area contributed by atoms with E-state index in [9.17, 15) is 4.57 Å². The molecule has 3 saturated carbocycles. The van der Waals surface area contributed by atoms with Crippen LogP contribution in [0, 0.1) is 28.6 Å². The summed E-state index contributed by atoms with van der Waals surface area (Å²) in [7, 11) is -9.62. The second-order valence-corrected chi connectivity index (χ2v) is 39.1. The van der Waals surface area contributed by atoms with Crippen molar-refractivity contribution >= 4 is 52.5 Å². The summed E-state index contributed by atoms with van der Waals surface area (Å²) in [4.78, 5) is 10.8. The van der Waals surface area contributed by atoms with Gasteiger partial charge in [0.1, 0.15) is 37.9 Å². The quantitative estimate of drug-likeness (QED) is 0.0742. The van der Waals surface area contributed by atoms with Crippen LogP contribution in [0.2, 0.25) is 78.6 Å². The van der Waals surface area contributed by atoms with Gasteiger partial charge in [0.15, 0.2) is 33.3 Å². The molecule has 0 aromatic carbocycles. The fourth-order valence-corrected chi connectivity index (χ4v) is 18.6. The normalized spacial score (nSPS) is 34.6. The van der Waals surface area contributed by atoms with Gasteiger partial charge in [-0.3, -0.25) is 4.52 Å². The van der Waals surface area contributed by atoms with Gasteiger partial charge in [-0.25, -0.2) is 4.57 Å². The molecule has 4 aliphatic carbocycles. The lowest BCUT2D eigenvalue weighted by Crippen LogP contribution is -2.65. The van der Waals surface area contributed by atoms with Gasteiger partial charge in [0, 0.05) is 16.9 Å². The third-order valence-electron chi connectivity index (χ3n) is 10.6. The first-order valence-corrected chi connectivity index (χ1v) is 33.5. The van der Waals surface area contributed by atoms with Gasteiger partial charge >= 0.3 is 7.82 Å². The highest BCUT2D eigenvalue weighted by Gasteiger charge is 2.69. The van der Waals surface area contributed by atoms with E-state index in [0.717, 1.165) is 37.8 Å². The number of hydrogen-bond donors (Lipinski definition) is 0. The lowest BCUT2D eigenvalue weighted by Gasteiger charge is -2.62. The summed E-state index contributed by atoms with van der Waals surface area (Å²) < 4.78 is 47.9. The van der Waals surface area contributed by atoms with E-state index in [4.69, 9.17) is 36.6 Å². The minimum Gasteiger partial charge on any atom is -0.414 e.